The van der Waals surface area contributed by atoms with Gasteiger partial charge in [-0.2, -0.15) is 0 Å². The van der Waals surface area contributed by atoms with Gasteiger partial charge >= 0.3 is 0 Å². The largest absolute Gasteiger partial charge is 0.307 e. The van der Waals surface area contributed by atoms with E-state index in [1.165, 1.54) is 12.1 Å². The van der Waals surface area contributed by atoms with E-state index in [4.69, 9.17) is 0 Å². The smallest absolute Gasteiger partial charge is 0.217 e. The van der Waals surface area contributed by atoms with Gasteiger partial charge in [0.15, 0.2) is 0 Å². The van der Waals surface area contributed by atoms with E-state index in [1.807, 2.05) is 6.29 Å². The minimum absolute atomic E-state index is 0.146. The van der Waals surface area contributed by atoms with E-state index in [0.717, 1.165) is 18.5 Å². The van der Waals surface area contributed by atoms with Crippen LogP contribution in [0.3, 0.4) is 0 Å². The first kappa shape index (κ1) is 9.34. The molecule has 2 unspecified atom stereocenters. The maximum absolute atomic E-state index is 12.7. The summed E-state index contributed by atoms with van der Waals surface area (Å²) in [5, 5.41) is 3.05. The molecule has 1 aromatic rings. The third-order valence-corrected chi connectivity index (χ3v) is 2.65. The SMILES string of the molecule is O=[C]C1NCCC1c1ccc(F)cc1. The Morgan fingerprint density at radius 2 is 2.07 bits per heavy atom. The maximum atomic E-state index is 12.7. The molecule has 1 aromatic carbocycles. The summed E-state index contributed by atoms with van der Waals surface area (Å²) in [4.78, 5) is 10.6. The number of hydrogen-bond acceptors (Lipinski definition) is 2. The van der Waals surface area contributed by atoms with Crippen LogP contribution in [0, 0.1) is 5.82 Å². The molecule has 1 saturated heterocycles. The molecule has 0 amide bonds. The molecule has 1 N–H and O–H groups in total. The number of nitrogens with one attached hydrogen (secondary N) is 1. The fourth-order valence-electron chi connectivity index (χ4n) is 1.90. The van der Waals surface area contributed by atoms with E-state index in [9.17, 15) is 9.18 Å². The Morgan fingerprint density at radius 1 is 1.36 bits per heavy atom. The van der Waals surface area contributed by atoms with Crippen LogP contribution < -0.4 is 5.32 Å². The Hall–Kier alpha value is -1.22. The van der Waals surface area contributed by atoms with Gasteiger partial charge < -0.3 is 5.32 Å². The van der Waals surface area contributed by atoms with Crippen LogP contribution in [0.25, 0.3) is 0 Å². The van der Waals surface area contributed by atoms with E-state index < -0.39 is 0 Å². The molecule has 0 aliphatic carbocycles. The van der Waals surface area contributed by atoms with Gasteiger partial charge in [-0.1, -0.05) is 12.1 Å². The number of hydrogen-bond donors (Lipinski definition) is 1. The van der Waals surface area contributed by atoms with E-state index in [0.29, 0.717) is 0 Å². The molecule has 2 rings (SSSR count). The lowest BCUT2D eigenvalue weighted by molar-refractivity contribution is 0.523. The number of carbonyl (C=O) groups excluding carboxylic acids is 1. The summed E-state index contributed by atoms with van der Waals surface area (Å²) >= 11 is 0. The maximum Gasteiger partial charge on any atom is 0.217 e. The number of rotatable bonds is 2. The molecule has 1 aliphatic rings. The van der Waals surface area contributed by atoms with E-state index >= 15 is 0 Å². The first-order valence-electron chi connectivity index (χ1n) is 4.68. The van der Waals surface area contributed by atoms with Crippen LogP contribution in [-0.4, -0.2) is 18.9 Å². The first-order valence-corrected chi connectivity index (χ1v) is 4.68. The highest BCUT2D eigenvalue weighted by molar-refractivity contribution is 5.61. The molecule has 3 heteroatoms. The Balaban J connectivity index is 2.21. The Labute approximate surface area is 82.1 Å². The van der Waals surface area contributed by atoms with Gasteiger partial charge in [0.05, 0.1) is 6.04 Å². The number of halogens is 1. The van der Waals surface area contributed by atoms with Crippen molar-refractivity contribution in [3.8, 4) is 0 Å². The average Bonchev–Trinajstić information content (AvgIpc) is 2.67. The molecule has 0 bridgehead atoms. The van der Waals surface area contributed by atoms with Crippen LogP contribution >= 0.6 is 0 Å². The average molecular weight is 192 g/mol. The molecular formula is C11H11FNO. The quantitative estimate of drug-likeness (QED) is 0.767. The lowest BCUT2D eigenvalue weighted by Crippen LogP contribution is -2.27. The fourth-order valence-corrected chi connectivity index (χ4v) is 1.90. The molecule has 1 fully saturated rings. The lowest BCUT2D eigenvalue weighted by Gasteiger charge is -2.13. The van der Waals surface area contributed by atoms with Crippen LogP contribution in [0.1, 0.15) is 17.9 Å². The third-order valence-electron chi connectivity index (χ3n) is 2.65. The van der Waals surface area contributed by atoms with Crippen molar-refractivity contribution in [1.29, 1.82) is 0 Å². The van der Waals surface area contributed by atoms with Gasteiger partial charge in [0.25, 0.3) is 0 Å². The summed E-state index contributed by atoms with van der Waals surface area (Å²) in [7, 11) is 0. The van der Waals surface area contributed by atoms with E-state index in [-0.39, 0.29) is 17.8 Å². The highest BCUT2D eigenvalue weighted by Crippen LogP contribution is 2.26. The lowest BCUT2D eigenvalue weighted by atomic mass is 9.93. The van der Waals surface area contributed by atoms with Crippen molar-refractivity contribution < 1.29 is 9.18 Å². The summed E-state index contributed by atoms with van der Waals surface area (Å²) in [6, 6.07) is 6.08. The highest BCUT2D eigenvalue weighted by atomic mass is 19.1. The number of benzene rings is 1. The van der Waals surface area contributed by atoms with Gasteiger partial charge in [0, 0.05) is 5.92 Å². The predicted molar refractivity (Wildman–Crippen MR) is 51.2 cm³/mol. The van der Waals surface area contributed by atoms with Crippen molar-refractivity contribution in [2.45, 2.75) is 18.4 Å². The Bertz CT molecular complexity index is 323. The van der Waals surface area contributed by atoms with Crippen molar-refractivity contribution in [1.82, 2.24) is 5.32 Å². The van der Waals surface area contributed by atoms with E-state index in [2.05, 4.69) is 5.32 Å². The molecule has 0 aromatic heterocycles. The highest BCUT2D eigenvalue weighted by Gasteiger charge is 2.28. The van der Waals surface area contributed by atoms with Gasteiger partial charge in [0.2, 0.25) is 6.29 Å². The topological polar surface area (TPSA) is 29.1 Å². The second-order valence-corrected chi connectivity index (χ2v) is 3.50. The molecule has 2 nitrogen and oxygen atoms in total. The zero-order chi connectivity index (χ0) is 9.97. The predicted octanol–water partition coefficient (Wildman–Crippen LogP) is 1.38. The molecule has 73 valence electrons. The monoisotopic (exact) mass is 192 g/mol. The summed E-state index contributed by atoms with van der Waals surface area (Å²) in [5.74, 6) is -0.0977. The van der Waals surface area contributed by atoms with Crippen molar-refractivity contribution in [2.75, 3.05) is 6.54 Å². The molecule has 1 aliphatic heterocycles. The van der Waals surface area contributed by atoms with Gasteiger partial charge in [-0.05, 0) is 30.7 Å². The minimum atomic E-state index is -0.244. The second kappa shape index (κ2) is 3.88. The van der Waals surface area contributed by atoms with Gasteiger partial charge in [-0.25, -0.2) is 4.39 Å². The first-order chi connectivity index (χ1) is 6.81. The standard InChI is InChI=1S/C11H11FNO/c12-9-3-1-8(2-4-9)10-5-6-13-11(10)7-14/h1-4,10-11,13H,5-6H2. The van der Waals surface area contributed by atoms with Gasteiger partial charge in [-0.3, -0.25) is 4.79 Å². The molecule has 0 saturated carbocycles. The van der Waals surface area contributed by atoms with Gasteiger partial charge in [0.1, 0.15) is 5.82 Å². The summed E-state index contributed by atoms with van der Waals surface area (Å²) in [5.41, 5.74) is 1.00. The van der Waals surface area contributed by atoms with Crippen molar-refractivity contribution in [3.63, 3.8) is 0 Å². The van der Waals surface area contributed by atoms with Crippen molar-refractivity contribution >= 4 is 6.29 Å². The van der Waals surface area contributed by atoms with Crippen molar-refractivity contribution in [2.24, 2.45) is 0 Å². The van der Waals surface area contributed by atoms with Gasteiger partial charge in [-0.15, -0.1) is 0 Å². The normalized spacial score (nSPS) is 26.4. The van der Waals surface area contributed by atoms with Crippen molar-refractivity contribution in [3.05, 3.63) is 35.6 Å². The Kier molecular flexibility index (Phi) is 2.59. The minimum Gasteiger partial charge on any atom is -0.307 e. The molecule has 1 radical (unpaired) electrons. The summed E-state index contributed by atoms with van der Waals surface area (Å²) in [6.07, 6.45) is 2.88. The van der Waals surface area contributed by atoms with Crippen LogP contribution in [0.2, 0.25) is 0 Å². The Morgan fingerprint density at radius 3 is 2.71 bits per heavy atom. The zero-order valence-corrected chi connectivity index (χ0v) is 7.66. The van der Waals surface area contributed by atoms with E-state index in [1.54, 1.807) is 12.1 Å². The molecule has 0 spiro atoms. The van der Waals surface area contributed by atoms with Crippen LogP contribution in [0.5, 0.6) is 0 Å². The zero-order valence-electron chi connectivity index (χ0n) is 7.66. The second-order valence-electron chi connectivity index (χ2n) is 3.50. The van der Waals surface area contributed by atoms with Crippen LogP contribution in [-0.2, 0) is 4.79 Å². The summed E-state index contributed by atoms with van der Waals surface area (Å²) in [6.45, 7) is 0.821. The molecule has 1 heterocycles. The molecule has 2 atom stereocenters. The summed E-state index contributed by atoms with van der Waals surface area (Å²) < 4.78 is 12.7. The van der Waals surface area contributed by atoms with Crippen LogP contribution in [0.15, 0.2) is 24.3 Å². The third kappa shape index (κ3) is 1.68. The fraction of sp³-hybridized carbons (Fsp3) is 0.364. The molecule has 14 heavy (non-hydrogen) atoms. The van der Waals surface area contributed by atoms with Crippen LogP contribution in [0.4, 0.5) is 4.39 Å². The molecular weight excluding hydrogens is 181 g/mol.